The average Bonchev–Trinajstić information content (AvgIpc) is 2.80. The van der Waals surface area contributed by atoms with Crippen molar-refractivity contribution in [2.45, 2.75) is 18.9 Å². The molecule has 6 heteroatoms. The summed E-state index contributed by atoms with van der Waals surface area (Å²) in [6.45, 7) is 1.91. The molecule has 0 saturated carbocycles. The number of piperidine rings is 1. The van der Waals surface area contributed by atoms with Crippen molar-refractivity contribution in [1.82, 2.24) is 9.47 Å². The van der Waals surface area contributed by atoms with Crippen molar-refractivity contribution >= 4 is 17.5 Å². The molecule has 5 rings (SSSR count). The number of rotatable bonds is 3. The molecule has 5 nitrogen and oxygen atoms in total. The van der Waals surface area contributed by atoms with Crippen molar-refractivity contribution in [3.05, 3.63) is 87.3 Å². The van der Waals surface area contributed by atoms with E-state index in [1.807, 2.05) is 64.1 Å². The number of halogens is 1. The van der Waals surface area contributed by atoms with E-state index in [-0.39, 0.29) is 23.3 Å². The molecule has 3 aromatic rings. The van der Waals surface area contributed by atoms with E-state index in [4.69, 9.17) is 16.3 Å². The number of fused-ring (bicyclic) bond motifs is 4. The van der Waals surface area contributed by atoms with Gasteiger partial charge in [0.1, 0.15) is 5.75 Å². The van der Waals surface area contributed by atoms with Crippen LogP contribution in [-0.2, 0) is 6.54 Å². The van der Waals surface area contributed by atoms with Gasteiger partial charge in [0, 0.05) is 53.5 Å². The van der Waals surface area contributed by atoms with E-state index < -0.39 is 0 Å². The summed E-state index contributed by atoms with van der Waals surface area (Å²) in [4.78, 5) is 27.8. The Balaban J connectivity index is 1.50. The Morgan fingerprint density at radius 3 is 2.42 bits per heavy atom. The van der Waals surface area contributed by atoms with Crippen molar-refractivity contribution in [3.63, 3.8) is 0 Å². The second kappa shape index (κ2) is 7.89. The summed E-state index contributed by atoms with van der Waals surface area (Å²) in [6, 6.07) is 18.5. The molecule has 31 heavy (non-hydrogen) atoms. The largest absolute Gasteiger partial charge is 0.497 e. The lowest BCUT2D eigenvalue weighted by Crippen LogP contribution is -2.49. The van der Waals surface area contributed by atoms with Crippen molar-refractivity contribution in [2.24, 2.45) is 5.92 Å². The number of benzene rings is 2. The average molecular weight is 435 g/mol. The number of amides is 1. The fraction of sp³-hybridized carbons (Fsp3) is 0.280. The molecule has 2 aliphatic rings. The Labute approximate surface area is 185 Å². The number of carbonyl (C=O) groups excluding carboxylic acids is 1. The minimum absolute atomic E-state index is 0.0251. The van der Waals surface area contributed by atoms with E-state index in [0.717, 1.165) is 29.0 Å². The van der Waals surface area contributed by atoms with Crippen LogP contribution in [0.5, 0.6) is 5.75 Å². The van der Waals surface area contributed by atoms with Crippen LogP contribution in [0.15, 0.2) is 65.5 Å². The van der Waals surface area contributed by atoms with Gasteiger partial charge >= 0.3 is 0 Å². The number of hydrogen-bond donors (Lipinski definition) is 0. The Morgan fingerprint density at radius 1 is 0.968 bits per heavy atom. The van der Waals surface area contributed by atoms with E-state index in [1.165, 1.54) is 0 Å². The fourth-order valence-corrected chi connectivity index (χ4v) is 5.10. The summed E-state index contributed by atoms with van der Waals surface area (Å²) < 4.78 is 7.12. The van der Waals surface area contributed by atoms with Crippen LogP contribution in [0.1, 0.15) is 28.4 Å². The van der Waals surface area contributed by atoms with Gasteiger partial charge in [0.25, 0.3) is 11.5 Å². The maximum atomic E-state index is 13.2. The van der Waals surface area contributed by atoms with Gasteiger partial charge in [0.15, 0.2) is 0 Å². The molecule has 0 aliphatic carbocycles. The van der Waals surface area contributed by atoms with Gasteiger partial charge in [-0.3, -0.25) is 9.59 Å². The lowest BCUT2D eigenvalue weighted by Gasteiger charge is -2.43. The number of ether oxygens (including phenoxy) is 1. The molecule has 0 unspecified atom stereocenters. The van der Waals surface area contributed by atoms with Crippen LogP contribution >= 0.6 is 11.6 Å². The highest BCUT2D eigenvalue weighted by atomic mass is 35.5. The van der Waals surface area contributed by atoms with E-state index in [0.29, 0.717) is 30.2 Å². The molecule has 0 radical (unpaired) electrons. The Morgan fingerprint density at radius 2 is 1.71 bits per heavy atom. The highest BCUT2D eigenvalue weighted by molar-refractivity contribution is 6.30. The normalized spacial score (nSPS) is 19.6. The summed E-state index contributed by atoms with van der Waals surface area (Å²) in [7, 11) is 1.61. The minimum Gasteiger partial charge on any atom is -0.497 e. The molecule has 1 saturated heterocycles. The molecule has 2 aliphatic heterocycles. The van der Waals surface area contributed by atoms with Gasteiger partial charge in [-0.05, 0) is 60.4 Å². The summed E-state index contributed by atoms with van der Waals surface area (Å²) in [5, 5.41) is 0.680. The van der Waals surface area contributed by atoms with Gasteiger partial charge in [-0.25, -0.2) is 0 Å². The van der Waals surface area contributed by atoms with Crippen LogP contribution in [0.25, 0.3) is 11.1 Å². The van der Waals surface area contributed by atoms with Gasteiger partial charge in [0.05, 0.1) is 7.11 Å². The molecule has 1 amide bonds. The molecule has 1 aromatic heterocycles. The zero-order chi connectivity index (χ0) is 21.5. The van der Waals surface area contributed by atoms with Crippen LogP contribution in [0.2, 0.25) is 5.02 Å². The molecule has 0 spiro atoms. The zero-order valence-electron chi connectivity index (χ0n) is 17.3. The molecule has 2 atom stereocenters. The first-order valence-electron chi connectivity index (χ1n) is 10.5. The second-order valence-electron chi connectivity index (χ2n) is 8.33. The van der Waals surface area contributed by atoms with E-state index in [2.05, 4.69) is 0 Å². The van der Waals surface area contributed by atoms with Gasteiger partial charge in [-0.2, -0.15) is 0 Å². The fourth-order valence-electron chi connectivity index (χ4n) is 4.97. The number of pyridine rings is 1. The van der Waals surface area contributed by atoms with E-state index in [1.54, 1.807) is 13.2 Å². The predicted octanol–water partition coefficient (Wildman–Crippen LogP) is 4.44. The predicted molar refractivity (Wildman–Crippen MR) is 121 cm³/mol. The third-order valence-corrected chi connectivity index (χ3v) is 6.62. The molecule has 0 N–H and O–H groups in total. The molecule has 1 fully saturated rings. The number of hydrogen-bond acceptors (Lipinski definition) is 3. The van der Waals surface area contributed by atoms with Crippen LogP contribution in [-0.4, -0.2) is 35.6 Å². The van der Waals surface area contributed by atoms with Crippen molar-refractivity contribution in [1.29, 1.82) is 0 Å². The quantitative estimate of drug-likeness (QED) is 0.612. The number of nitrogens with zero attached hydrogens (tertiary/aromatic N) is 2. The second-order valence-corrected chi connectivity index (χ2v) is 8.76. The molecular formula is C25H23ClN2O3. The van der Waals surface area contributed by atoms with Gasteiger partial charge < -0.3 is 14.2 Å². The van der Waals surface area contributed by atoms with Crippen molar-refractivity contribution < 1.29 is 9.53 Å². The molecular weight excluding hydrogens is 412 g/mol. The first-order valence-corrected chi connectivity index (χ1v) is 10.8. The van der Waals surface area contributed by atoms with Crippen LogP contribution in [0.3, 0.4) is 0 Å². The SMILES string of the molecule is COc1ccc(C(=O)N2C[C@@H]3C[C@H](C2)c2c(-c4ccc(Cl)cc4)ccc(=O)n2C3)cc1. The molecule has 2 aromatic carbocycles. The topological polar surface area (TPSA) is 51.5 Å². The van der Waals surface area contributed by atoms with E-state index >= 15 is 0 Å². The number of likely N-dealkylation sites (tertiary alicyclic amines) is 1. The zero-order valence-corrected chi connectivity index (χ0v) is 18.0. The number of methoxy groups -OCH3 is 1. The standard InChI is InChI=1S/C25H23ClN2O3/c1-31-21-8-4-18(5-9-21)25(30)27-13-16-12-19(15-27)24-22(10-11-23(29)28(24)14-16)17-2-6-20(26)7-3-17/h2-11,16,19H,12-15H2,1H3/t16-,19+/m0/s1. The number of aromatic nitrogens is 1. The van der Waals surface area contributed by atoms with Crippen molar-refractivity contribution in [3.8, 4) is 16.9 Å². The third kappa shape index (κ3) is 3.63. The van der Waals surface area contributed by atoms with Crippen molar-refractivity contribution in [2.75, 3.05) is 20.2 Å². The highest BCUT2D eigenvalue weighted by Gasteiger charge is 2.38. The van der Waals surface area contributed by atoms with Crippen LogP contribution < -0.4 is 10.3 Å². The Bertz CT molecular complexity index is 1180. The van der Waals surface area contributed by atoms with E-state index in [9.17, 15) is 9.59 Å². The Hall–Kier alpha value is -3.05. The molecule has 3 heterocycles. The third-order valence-electron chi connectivity index (χ3n) is 6.37. The summed E-state index contributed by atoms with van der Waals surface area (Å²) in [5.41, 5.74) is 3.78. The maximum absolute atomic E-state index is 13.2. The highest BCUT2D eigenvalue weighted by Crippen LogP contribution is 2.40. The van der Waals surface area contributed by atoms with Crippen LogP contribution in [0.4, 0.5) is 0 Å². The molecule has 158 valence electrons. The maximum Gasteiger partial charge on any atom is 0.253 e. The summed E-state index contributed by atoms with van der Waals surface area (Å²) >= 11 is 6.08. The summed E-state index contributed by atoms with van der Waals surface area (Å²) in [5.74, 6) is 1.14. The van der Waals surface area contributed by atoms with Gasteiger partial charge in [-0.1, -0.05) is 23.7 Å². The first kappa shape index (κ1) is 19.9. The van der Waals surface area contributed by atoms with Gasteiger partial charge in [0.2, 0.25) is 0 Å². The number of carbonyl (C=O) groups is 1. The summed E-state index contributed by atoms with van der Waals surface area (Å²) in [6.07, 6.45) is 0.983. The lowest BCUT2D eigenvalue weighted by atomic mass is 9.80. The smallest absolute Gasteiger partial charge is 0.253 e. The first-order chi connectivity index (χ1) is 15.0. The van der Waals surface area contributed by atoms with Crippen LogP contribution in [0, 0.1) is 5.92 Å². The monoisotopic (exact) mass is 434 g/mol. The molecule has 2 bridgehead atoms. The Kier molecular flexibility index (Phi) is 5.06. The minimum atomic E-state index is 0.0251. The van der Waals surface area contributed by atoms with Gasteiger partial charge in [-0.15, -0.1) is 0 Å². The lowest BCUT2D eigenvalue weighted by molar-refractivity contribution is 0.0595.